The van der Waals surface area contributed by atoms with Gasteiger partial charge in [-0.25, -0.2) is 0 Å². The number of methoxy groups -OCH3 is 1. The van der Waals surface area contributed by atoms with Crippen molar-refractivity contribution in [3.63, 3.8) is 0 Å². The van der Waals surface area contributed by atoms with Crippen LogP contribution in [-0.2, 0) is 15.9 Å². The quantitative estimate of drug-likeness (QED) is 0.558. The molecule has 4 rings (SSSR count). The van der Waals surface area contributed by atoms with Gasteiger partial charge in [0, 0.05) is 43.6 Å². The van der Waals surface area contributed by atoms with Crippen molar-refractivity contribution in [3.05, 3.63) is 70.6 Å². The Morgan fingerprint density at radius 1 is 1.20 bits per heavy atom. The Balaban J connectivity index is 1.53. The minimum Gasteiger partial charge on any atom is -0.383 e. The monoisotopic (exact) mass is 424 g/mol. The van der Waals surface area contributed by atoms with Gasteiger partial charge in [0.15, 0.2) is 0 Å². The number of fused-ring (bicyclic) bond motifs is 1. The third kappa shape index (κ3) is 4.90. The Morgan fingerprint density at radius 2 is 2.00 bits per heavy atom. The molecule has 0 radical (unpaired) electrons. The van der Waals surface area contributed by atoms with Crippen molar-refractivity contribution in [2.45, 2.75) is 12.5 Å². The van der Waals surface area contributed by atoms with E-state index >= 15 is 0 Å². The molecule has 30 heavy (non-hydrogen) atoms. The fraction of sp³-hybridized carbons (Fsp3) is 0.375. The Labute approximate surface area is 181 Å². The number of ether oxygens (including phenoxy) is 2. The molecule has 0 bridgehead atoms. The number of thiophene rings is 1. The lowest BCUT2D eigenvalue weighted by Gasteiger charge is -2.33. The highest BCUT2D eigenvalue weighted by atomic mass is 32.1. The summed E-state index contributed by atoms with van der Waals surface area (Å²) in [5.74, 6) is -0.0479. The van der Waals surface area contributed by atoms with Crippen LogP contribution in [0.15, 0.2) is 54.6 Å². The zero-order valence-corrected chi connectivity index (χ0v) is 18.1. The Morgan fingerprint density at radius 3 is 2.83 bits per heavy atom. The van der Waals surface area contributed by atoms with Gasteiger partial charge in [0.25, 0.3) is 5.91 Å². The van der Waals surface area contributed by atoms with Gasteiger partial charge in [-0.3, -0.25) is 9.69 Å². The van der Waals surface area contributed by atoms with E-state index in [1.54, 1.807) is 18.4 Å². The zero-order valence-electron chi connectivity index (χ0n) is 17.3. The average molecular weight is 425 g/mol. The Hall–Kier alpha value is -2.25. The summed E-state index contributed by atoms with van der Waals surface area (Å²) in [6.45, 7) is 4.37. The molecule has 0 spiro atoms. The fourth-order valence-electron chi connectivity index (χ4n) is 3.91. The van der Waals surface area contributed by atoms with E-state index in [4.69, 9.17) is 9.47 Å². The molecule has 1 aliphatic heterocycles. The van der Waals surface area contributed by atoms with E-state index in [9.17, 15) is 4.79 Å². The number of amides is 1. The van der Waals surface area contributed by atoms with Gasteiger partial charge < -0.3 is 14.8 Å². The van der Waals surface area contributed by atoms with Crippen LogP contribution in [0.4, 0.5) is 0 Å². The second kappa shape index (κ2) is 10.2. The molecule has 2 aromatic carbocycles. The van der Waals surface area contributed by atoms with Gasteiger partial charge in [0.1, 0.15) is 0 Å². The molecule has 1 N–H and O–H groups in total. The normalized spacial score (nSPS) is 17.3. The first kappa shape index (κ1) is 21.0. The molecule has 1 aliphatic rings. The van der Waals surface area contributed by atoms with Crippen LogP contribution >= 0.6 is 11.3 Å². The van der Waals surface area contributed by atoms with Crippen molar-refractivity contribution in [1.82, 2.24) is 10.2 Å². The van der Waals surface area contributed by atoms with E-state index in [2.05, 4.69) is 52.7 Å². The number of rotatable bonds is 8. The number of benzene rings is 2. The van der Waals surface area contributed by atoms with Crippen molar-refractivity contribution in [2.75, 3.05) is 46.5 Å². The first-order valence-electron chi connectivity index (χ1n) is 10.4. The van der Waals surface area contributed by atoms with Crippen molar-refractivity contribution in [1.29, 1.82) is 0 Å². The van der Waals surface area contributed by atoms with Crippen LogP contribution in [-0.4, -0.2) is 57.3 Å². The largest absolute Gasteiger partial charge is 0.383 e. The number of hydrogen-bond acceptors (Lipinski definition) is 5. The van der Waals surface area contributed by atoms with Crippen LogP contribution in [0.25, 0.3) is 10.1 Å². The molecule has 0 saturated carbocycles. The summed E-state index contributed by atoms with van der Waals surface area (Å²) in [6.07, 6.45) is 0.913. The van der Waals surface area contributed by atoms with E-state index in [-0.39, 0.29) is 12.0 Å². The molecule has 3 aromatic rings. The summed E-state index contributed by atoms with van der Waals surface area (Å²) >= 11 is 1.54. The Bertz CT molecular complexity index is 973. The number of nitrogens with zero attached hydrogens (tertiary/aromatic N) is 1. The van der Waals surface area contributed by atoms with Crippen LogP contribution in [0.3, 0.4) is 0 Å². The second-order valence-electron chi connectivity index (χ2n) is 7.49. The van der Waals surface area contributed by atoms with E-state index in [1.807, 2.05) is 12.1 Å². The maximum atomic E-state index is 12.9. The molecule has 1 fully saturated rings. The lowest BCUT2D eigenvalue weighted by atomic mass is 10.0. The molecule has 158 valence electrons. The molecule has 1 amide bonds. The van der Waals surface area contributed by atoms with Crippen molar-refractivity contribution < 1.29 is 14.3 Å². The van der Waals surface area contributed by atoms with Gasteiger partial charge >= 0.3 is 0 Å². The highest BCUT2D eigenvalue weighted by molar-refractivity contribution is 7.21. The maximum Gasteiger partial charge on any atom is 0.261 e. The van der Waals surface area contributed by atoms with E-state index < -0.39 is 0 Å². The summed E-state index contributed by atoms with van der Waals surface area (Å²) in [7, 11) is 1.64. The van der Waals surface area contributed by atoms with Crippen molar-refractivity contribution in [2.24, 2.45) is 0 Å². The highest BCUT2D eigenvalue weighted by Gasteiger charge is 2.29. The summed E-state index contributed by atoms with van der Waals surface area (Å²) < 4.78 is 12.4. The molecule has 5 nitrogen and oxygen atoms in total. The first-order valence-corrected chi connectivity index (χ1v) is 11.2. The van der Waals surface area contributed by atoms with Crippen molar-refractivity contribution in [3.8, 4) is 0 Å². The van der Waals surface area contributed by atoms with Gasteiger partial charge in [0.05, 0.1) is 24.2 Å². The maximum absolute atomic E-state index is 12.9. The van der Waals surface area contributed by atoms with Crippen LogP contribution in [0.5, 0.6) is 0 Å². The van der Waals surface area contributed by atoms with E-state index in [0.717, 1.165) is 46.6 Å². The molecule has 6 heteroatoms. The van der Waals surface area contributed by atoms with Crippen LogP contribution in [0.2, 0.25) is 0 Å². The zero-order chi connectivity index (χ0) is 20.8. The van der Waals surface area contributed by atoms with Crippen molar-refractivity contribution >= 4 is 27.3 Å². The molecule has 0 aliphatic carbocycles. The predicted octanol–water partition coefficient (Wildman–Crippen LogP) is 3.89. The fourth-order valence-corrected chi connectivity index (χ4v) is 5.08. The minimum absolute atomic E-state index is 0.0479. The van der Waals surface area contributed by atoms with Crippen LogP contribution in [0.1, 0.15) is 26.9 Å². The lowest BCUT2D eigenvalue weighted by molar-refractivity contribution is -0.0289. The topological polar surface area (TPSA) is 50.8 Å². The van der Waals surface area contributed by atoms with Gasteiger partial charge in [-0.05, 0) is 23.4 Å². The number of hydrogen-bond donors (Lipinski definition) is 1. The molecule has 1 saturated heterocycles. The summed E-state index contributed by atoms with van der Waals surface area (Å²) in [5, 5.41) is 4.10. The molecular formula is C24H28N2O3S. The minimum atomic E-state index is -0.103. The predicted molar refractivity (Wildman–Crippen MR) is 121 cm³/mol. The van der Waals surface area contributed by atoms with Gasteiger partial charge in [-0.15, -0.1) is 11.3 Å². The number of morpholine rings is 1. The van der Waals surface area contributed by atoms with Gasteiger partial charge in [-0.1, -0.05) is 48.5 Å². The molecular weight excluding hydrogens is 396 g/mol. The summed E-state index contributed by atoms with van der Waals surface area (Å²) in [6, 6.07) is 18.8. The lowest BCUT2D eigenvalue weighted by Crippen LogP contribution is -2.40. The summed E-state index contributed by atoms with van der Waals surface area (Å²) in [4.78, 5) is 16.1. The summed E-state index contributed by atoms with van der Waals surface area (Å²) in [5.41, 5.74) is 2.37. The second-order valence-corrected chi connectivity index (χ2v) is 8.54. The van der Waals surface area contributed by atoms with E-state index in [0.29, 0.717) is 19.8 Å². The van der Waals surface area contributed by atoms with Gasteiger partial charge in [0.2, 0.25) is 0 Å². The number of nitrogens with one attached hydrogen (secondary N) is 1. The third-order valence-corrected chi connectivity index (χ3v) is 6.65. The first-order chi connectivity index (χ1) is 14.8. The van der Waals surface area contributed by atoms with Crippen LogP contribution < -0.4 is 5.32 Å². The molecule has 2 heterocycles. The highest BCUT2D eigenvalue weighted by Crippen LogP contribution is 2.38. The SMILES string of the molecule is COCCNC(=O)c1sc2ccccc2c1[C@@H]1CN(CCc2ccccc2)CCO1. The number of carbonyl (C=O) groups excluding carboxylic acids is 1. The molecule has 0 unspecified atom stereocenters. The standard InChI is InChI=1S/C24H28N2O3S/c1-28-15-12-25-24(27)23-22(19-9-5-6-10-21(19)30-23)20-17-26(14-16-29-20)13-11-18-7-3-2-4-8-18/h2-10,20H,11-17H2,1H3,(H,25,27)/t20-/m0/s1. The average Bonchev–Trinajstić information content (AvgIpc) is 3.18. The van der Waals surface area contributed by atoms with E-state index in [1.165, 1.54) is 5.56 Å². The third-order valence-electron chi connectivity index (χ3n) is 5.46. The molecule has 1 aromatic heterocycles. The van der Waals surface area contributed by atoms with Gasteiger partial charge in [-0.2, -0.15) is 0 Å². The smallest absolute Gasteiger partial charge is 0.261 e. The molecule has 1 atom stereocenters. The Kier molecular flexibility index (Phi) is 7.12. The number of carbonyl (C=O) groups is 1. The van der Waals surface area contributed by atoms with Crippen LogP contribution in [0, 0.1) is 0 Å².